The number of piperidine rings is 1. The highest BCUT2D eigenvalue weighted by molar-refractivity contribution is 7.09. The minimum absolute atomic E-state index is 0.0102. The molecular weight excluding hydrogens is 1130 g/mol. The Balaban J connectivity index is 1.49. The van der Waals surface area contributed by atoms with Crippen molar-refractivity contribution in [1.82, 2.24) is 35.6 Å². The van der Waals surface area contributed by atoms with Crippen molar-refractivity contribution in [2.45, 2.75) is 208 Å². The maximum atomic E-state index is 14.9. The van der Waals surface area contributed by atoms with E-state index >= 15 is 0 Å². The average molecular weight is 1230 g/mol. The van der Waals surface area contributed by atoms with Gasteiger partial charge in [-0.1, -0.05) is 112 Å². The molecule has 9 atom stereocenters. The lowest BCUT2D eigenvalue weighted by Crippen LogP contribution is -2.50. The zero-order valence-electron chi connectivity index (χ0n) is 53.4. The lowest BCUT2D eigenvalue weighted by atomic mass is 9.82. The van der Waals surface area contributed by atoms with Crippen LogP contribution >= 0.6 is 11.3 Å². The summed E-state index contributed by atoms with van der Waals surface area (Å²) >= 11 is 1.13. The Kier molecular flexibility index (Phi) is 30.7. The number of nitrogens with one attached hydrogen (secondary N) is 3. The molecule has 0 unspecified atom stereocenters. The molecule has 3 heterocycles. The summed E-state index contributed by atoms with van der Waals surface area (Å²) in [5.74, 6) is -5.43. The molecule has 1 aromatic carbocycles. The molecular formula is C66H100N8O12S. The second-order valence-corrected chi connectivity index (χ2v) is 25.6. The average Bonchev–Trinajstić information content (AvgIpc) is 3.92. The molecule has 21 heteroatoms. The van der Waals surface area contributed by atoms with Crippen LogP contribution in [-0.2, 0) is 55.9 Å². The van der Waals surface area contributed by atoms with Gasteiger partial charge in [0.2, 0.25) is 17.7 Å². The number of alkyl carbamates (subject to hydrolysis) is 1. The van der Waals surface area contributed by atoms with Crippen LogP contribution in [0.15, 0.2) is 54.1 Å². The summed E-state index contributed by atoms with van der Waals surface area (Å²) in [6.45, 7) is 20.9. The molecule has 6 amide bonds. The molecule has 4 rings (SSSR count). The summed E-state index contributed by atoms with van der Waals surface area (Å²) in [6, 6.07) is 4.87. The summed E-state index contributed by atoms with van der Waals surface area (Å²) < 4.78 is 5.97. The smallest absolute Gasteiger partial charge is 0.407 e. The third-order valence-electron chi connectivity index (χ3n) is 17.2. The number of hydrogen-bond acceptors (Lipinski definition) is 14. The van der Waals surface area contributed by atoms with Crippen LogP contribution in [-0.4, -0.2) is 142 Å². The van der Waals surface area contributed by atoms with Crippen molar-refractivity contribution in [2.24, 2.45) is 41.2 Å². The van der Waals surface area contributed by atoms with Gasteiger partial charge in [0.1, 0.15) is 16.5 Å². The van der Waals surface area contributed by atoms with Crippen molar-refractivity contribution >= 4 is 70.3 Å². The predicted octanol–water partition coefficient (Wildman–Crippen LogP) is 9.10. The Morgan fingerprint density at radius 3 is 2.15 bits per heavy atom. The van der Waals surface area contributed by atoms with Gasteiger partial charge in [0.15, 0.2) is 17.7 Å². The van der Waals surface area contributed by atoms with E-state index in [1.807, 2.05) is 60.4 Å². The zero-order valence-corrected chi connectivity index (χ0v) is 54.2. The Hall–Kier alpha value is -6.61. The van der Waals surface area contributed by atoms with Crippen molar-refractivity contribution in [3.63, 3.8) is 0 Å². The van der Waals surface area contributed by atoms with Gasteiger partial charge in [0.05, 0.1) is 18.0 Å². The summed E-state index contributed by atoms with van der Waals surface area (Å²) in [4.78, 5) is 143. The number of aromatic nitrogens is 1. The fraction of sp³-hybridized carbons (Fsp3) is 0.652. The highest BCUT2D eigenvalue weighted by atomic mass is 32.1. The van der Waals surface area contributed by atoms with Gasteiger partial charge in [-0.2, -0.15) is 0 Å². The summed E-state index contributed by atoms with van der Waals surface area (Å²) in [7, 11) is 3.41. The Labute approximate surface area is 520 Å². The first-order valence-electron chi connectivity index (χ1n) is 31.6. The maximum Gasteiger partial charge on any atom is 0.407 e. The van der Waals surface area contributed by atoms with Gasteiger partial charge in [-0.25, -0.2) is 9.78 Å². The molecule has 20 nitrogen and oxygen atoms in total. The molecule has 87 heavy (non-hydrogen) atoms. The summed E-state index contributed by atoms with van der Waals surface area (Å²) in [5, 5.41) is 20.3. The SMILES string of the molecule is C=C1C=CC(=O)N1CCCCCC(=O)C[C@H](C(=O)N[C@@H](CCCCC(N)=O)C(=O)Cc1ccc(C[C@@H](C[C@H](C)C(=O)O)NC(=O)c2csc([C@@H](C[C@H](C(C)C)N(CCC)C(=O)[C@@H](CC(=O)[C@H]3CCCCN3C)[C@@H](C)CC)OC(=O)NC)n2)cc1)C(C)C. The van der Waals surface area contributed by atoms with Gasteiger partial charge in [-0.3, -0.25) is 48.1 Å². The van der Waals surface area contributed by atoms with Crippen molar-refractivity contribution in [3.05, 3.63) is 75.9 Å². The molecule has 0 spiro atoms. The lowest BCUT2D eigenvalue weighted by molar-refractivity contribution is -0.144. The van der Waals surface area contributed by atoms with Gasteiger partial charge < -0.3 is 41.3 Å². The fourth-order valence-corrected chi connectivity index (χ4v) is 12.4. The van der Waals surface area contributed by atoms with E-state index < -0.39 is 71.8 Å². The fourth-order valence-electron chi connectivity index (χ4n) is 11.6. The first-order valence-corrected chi connectivity index (χ1v) is 32.5. The van der Waals surface area contributed by atoms with Crippen molar-refractivity contribution in [2.75, 3.05) is 33.7 Å². The summed E-state index contributed by atoms with van der Waals surface area (Å²) in [6.07, 6.45) is 9.66. The Bertz CT molecular complexity index is 2670. The molecule has 1 fully saturated rings. The van der Waals surface area contributed by atoms with E-state index in [2.05, 4.69) is 27.4 Å². The molecule has 1 aromatic heterocycles. The van der Waals surface area contributed by atoms with Crippen molar-refractivity contribution < 1.29 is 57.8 Å². The molecule has 2 aliphatic rings. The number of nitrogens with zero attached hydrogens (tertiary/aromatic N) is 4. The molecule has 0 radical (unpaired) electrons. The third kappa shape index (κ3) is 23.5. The second-order valence-electron chi connectivity index (χ2n) is 24.7. The van der Waals surface area contributed by atoms with Gasteiger partial charge in [-0.05, 0) is 106 Å². The number of primary amides is 1. The van der Waals surface area contributed by atoms with E-state index in [9.17, 15) is 53.1 Å². The Morgan fingerprint density at radius 1 is 0.862 bits per heavy atom. The summed E-state index contributed by atoms with van der Waals surface area (Å²) in [5.41, 5.74) is 7.45. The number of Topliss-reactive ketones (excluding diaryl/α,β-unsaturated/α-hetero) is 3. The normalized spacial score (nSPS) is 17.2. The largest absolute Gasteiger partial charge is 0.481 e. The number of thiazole rings is 1. The van der Waals surface area contributed by atoms with Gasteiger partial charge in [0, 0.05) is 99.7 Å². The van der Waals surface area contributed by atoms with E-state index in [0.717, 1.165) is 49.1 Å². The Morgan fingerprint density at radius 2 is 1.55 bits per heavy atom. The molecule has 6 N–H and O–H groups in total. The molecule has 0 aliphatic carbocycles. The monoisotopic (exact) mass is 1230 g/mol. The number of ketones is 3. The van der Waals surface area contributed by atoms with Crippen LogP contribution in [0.1, 0.15) is 197 Å². The van der Waals surface area contributed by atoms with Crippen molar-refractivity contribution in [3.8, 4) is 0 Å². The second kappa shape index (κ2) is 36.6. The van der Waals surface area contributed by atoms with Crippen LogP contribution < -0.4 is 21.7 Å². The molecule has 482 valence electrons. The van der Waals surface area contributed by atoms with E-state index in [4.69, 9.17) is 15.5 Å². The topological polar surface area (TPSA) is 285 Å². The lowest BCUT2D eigenvalue weighted by Gasteiger charge is -2.39. The number of allylic oxidation sites excluding steroid dienone is 1. The number of ether oxygens (including phenoxy) is 1. The van der Waals surface area contributed by atoms with Crippen LogP contribution in [0.25, 0.3) is 0 Å². The highest BCUT2D eigenvalue weighted by Crippen LogP contribution is 2.34. The van der Waals surface area contributed by atoms with Gasteiger partial charge >= 0.3 is 12.1 Å². The predicted molar refractivity (Wildman–Crippen MR) is 336 cm³/mol. The van der Waals surface area contributed by atoms with Gasteiger partial charge in [0.25, 0.3) is 11.8 Å². The number of aliphatic carboxylic acids is 1. The molecule has 1 saturated heterocycles. The van der Waals surface area contributed by atoms with Crippen LogP contribution in [0.3, 0.4) is 0 Å². The first-order chi connectivity index (χ1) is 41.3. The number of hydrogen-bond donors (Lipinski definition) is 5. The van der Waals surface area contributed by atoms with E-state index in [1.54, 1.807) is 47.5 Å². The first kappa shape index (κ1) is 72.9. The van der Waals surface area contributed by atoms with Crippen LogP contribution in [0.5, 0.6) is 0 Å². The maximum absolute atomic E-state index is 14.9. The van der Waals surface area contributed by atoms with E-state index in [0.29, 0.717) is 67.9 Å². The molecule has 2 aliphatic heterocycles. The van der Waals surface area contributed by atoms with Crippen LogP contribution in [0, 0.1) is 35.5 Å². The van der Waals surface area contributed by atoms with Gasteiger partial charge in [-0.15, -0.1) is 11.3 Å². The molecule has 0 saturated carbocycles. The number of carbonyl (C=O) groups is 10. The zero-order chi connectivity index (χ0) is 64.5. The third-order valence-corrected chi connectivity index (χ3v) is 18.1. The number of carbonyl (C=O) groups excluding carboxylic acids is 9. The number of carboxylic acid groups (broad SMARTS) is 1. The molecule has 0 bridgehead atoms. The van der Waals surface area contributed by atoms with Crippen molar-refractivity contribution in [1.29, 1.82) is 0 Å². The molecule has 2 aromatic rings. The van der Waals surface area contributed by atoms with Crippen LogP contribution in [0.4, 0.5) is 4.79 Å². The quantitative estimate of drug-likeness (QED) is 0.0389. The standard InChI is InChI=1S/C66H100N8O12S/c1-12-31-74(64(82)51(43(7)13-2)38-57(77)54-23-18-20-32-72(54)11)55(42(5)6)39-58(86-66(85)68-10)63-71-53(40-87-63)62(81)69-48(34-44(8)65(83)84)35-46-26-28-47(29-27-46)36-56(76)52(22-16-17-24-59(67)78)70-61(80)50(41(3)4)37-49(75)21-15-14-19-33-73-45(9)25-30-60(73)79/h25-30,40-44,48,50-52,54-55,58H,9,12-24,31-39H2,1-8,10-11H3,(H2,67,78)(H,68,85)(H,69,81)(H,70,80)(H,83,84)/t43-,44-,48+,50-,51-,52-,54+,55+,58+/m0/s1. The number of nitrogens with two attached hydrogens (primary N) is 1. The minimum atomic E-state index is -1.05. The number of unbranched alkanes of at least 4 members (excludes halogenated alkanes) is 3. The number of benzene rings is 1. The number of carboxylic acids is 1. The number of amides is 6. The van der Waals surface area contributed by atoms with E-state index in [-0.39, 0.29) is 116 Å². The highest BCUT2D eigenvalue weighted by Gasteiger charge is 2.39. The number of rotatable bonds is 40. The van der Waals surface area contributed by atoms with E-state index in [1.165, 1.54) is 13.1 Å². The minimum Gasteiger partial charge on any atom is -0.481 e. The number of likely N-dealkylation sites (N-methyl/N-ethyl adjacent to an activating group) is 1. The number of likely N-dealkylation sites (tertiary alicyclic amines) is 1. The van der Waals surface area contributed by atoms with Crippen LogP contribution in [0.2, 0.25) is 0 Å².